The number of hydrogen-bond donors (Lipinski definition) is 2. The third-order valence-corrected chi connectivity index (χ3v) is 3.36. The van der Waals surface area contributed by atoms with E-state index in [1.54, 1.807) is 18.2 Å². The van der Waals surface area contributed by atoms with Crippen LogP contribution in [0.5, 0.6) is 5.75 Å². The third kappa shape index (κ3) is 4.69. The molecule has 1 amide bonds. The number of carbonyl (C=O) groups is 1. The first-order valence-corrected chi connectivity index (χ1v) is 6.97. The second-order valence-corrected chi connectivity index (χ2v) is 5.27. The van der Waals surface area contributed by atoms with Gasteiger partial charge in [-0.25, -0.2) is 0 Å². The summed E-state index contributed by atoms with van der Waals surface area (Å²) in [6.45, 7) is 4.10. The van der Waals surface area contributed by atoms with Gasteiger partial charge < -0.3 is 10.4 Å². The average molecular weight is 253 g/mol. The minimum atomic E-state index is -0.211. The van der Waals surface area contributed by atoms with E-state index in [1.165, 1.54) is 6.07 Å². The lowest BCUT2D eigenvalue weighted by Gasteiger charge is -2.13. The highest BCUT2D eigenvalue weighted by molar-refractivity contribution is 7.99. The van der Waals surface area contributed by atoms with Crippen molar-refractivity contribution in [2.45, 2.75) is 26.3 Å². The van der Waals surface area contributed by atoms with Crippen molar-refractivity contribution in [2.75, 3.05) is 11.5 Å². The normalized spacial score (nSPS) is 12.1. The molecule has 0 aromatic heterocycles. The third-order valence-electron chi connectivity index (χ3n) is 2.43. The van der Waals surface area contributed by atoms with Gasteiger partial charge in [-0.2, -0.15) is 11.8 Å². The van der Waals surface area contributed by atoms with Gasteiger partial charge in [-0.05, 0) is 37.0 Å². The maximum Gasteiger partial charge on any atom is 0.255 e. The van der Waals surface area contributed by atoms with Crippen molar-refractivity contribution in [3.8, 4) is 5.75 Å². The summed E-state index contributed by atoms with van der Waals surface area (Å²) in [7, 11) is 0. The van der Waals surface area contributed by atoms with Crippen LogP contribution in [0.4, 0.5) is 0 Å². The number of benzene rings is 1. The monoisotopic (exact) mass is 253 g/mol. The molecule has 4 heteroatoms. The van der Waals surface area contributed by atoms with E-state index in [1.807, 2.05) is 18.7 Å². The molecule has 0 saturated heterocycles. The Kier molecular flexibility index (Phi) is 5.91. The molecule has 0 spiro atoms. The first-order chi connectivity index (χ1) is 8.15. The molecule has 94 valence electrons. The van der Waals surface area contributed by atoms with E-state index in [2.05, 4.69) is 12.2 Å². The molecule has 0 aliphatic heterocycles. The number of aromatic hydroxyl groups is 1. The number of phenolic OH excluding ortho intramolecular Hbond substituents is 1. The van der Waals surface area contributed by atoms with E-state index < -0.39 is 0 Å². The largest absolute Gasteiger partial charge is 0.507 e. The minimum absolute atomic E-state index is 0.0279. The fourth-order valence-corrected chi connectivity index (χ4v) is 2.25. The summed E-state index contributed by atoms with van der Waals surface area (Å²) in [6.07, 6.45) is 0.942. The molecule has 0 bridgehead atoms. The lowest BCUT2D eigenvalue weighted by atomic mass is 10.1. The highest BCUT2D eigenvalue weighted by Gasteiger charge is 2.12. The molecule has 0 saturated carbocycles. The van der Waals surface area contributed by atoms with Crippen LogP contribution in [0.25, 0.3) is 0 Å². The minimum Gasteiger partial charge on any atom is -0.507 e. The van der Waals surface area contributed by atoms with Crippen LogP contribution < -0.4 is 5.32 Å². The number of rotatable bonds is 6. The van der Waals surface area contributed by atoms with Crippen LogP contribution in [0.2, 0.25) is 0 Å². The number of nitrogens with one attached hydrogen (secondary N) is 1. The quantitative estimate of drug-likeness (QED) is 0.766. The fraction of sp³-hybridized carbons (Fsp3) is 0.462. The smallest absolute Gasteiger partial charge is 0.255 e. The van der Waals surface area contributed by atoms with Gasteiger partial charge in [-0.15, -0.1) is 0 Å². The molecule has 0 aliphatic carbocycles. The highest BCUT2D eigenvalue weighted by Crippen LogP contribution is 2.15. The van der Waals surface area contributed by atoms with Crippen LogP contribution in [0.3, 0.4) is 0 Å². The Labute approximate surface area is 107 Å². The standard InChI is InChI=1S/C13H19NO2S/c1-3-17-9-8-10(2)14-13(16)11-6-4-5-7-12(11)15/h4-7,10,15H,3,8-9H2,1-2H3,(H,14,16). The van der Waals surface area contributed by atoms with Crippen LogP contribution >= 0.6 is 11.8 Å². The van der Waals surface area contributed by atoms with Crippen molar-refractivity contribution >= 4 is 17.7 Å². The maximum absolute atomic E-state index is 11.8. The Morgan fingerprint density at radius 3 is 2.82 bits per heavy atom. The Morgan fingerprint density at radius 2 is 2.18 bits per heavy atom. The Hall–Kier alpha value is -1.16. The van der Waals surface area contributed by atoms with E-state index in [9.17, 15) is 9.90 Å². The van der Waals surface area contributed by atoms with E-state index in [0.29, 0.717) is 5.56 Å². The van der Waals surface area contributed by atoms with Gasteiger partial charge in [0.2, 0.25) is 0 Å². The number of amides is 1. The Bertz CT molecular complexity index is 368. The number of hydrogen-bond acceptors (Lipinski definition) is 3. The summed E-state index contributed by atoms with van der Waals surface area (Å²) in [5, 5.41) is 12.4. The van der Waals surface area contributed by atoms with Gasteiger partial charge >= 0.3 is 0 Å². The number of phenols is 1. The first-order valence-electron chi connectivity index (χ1n) is 5.81. The van der Waals surface area contributed by atoms with Crippen molar-refractivity contribution in [1.82, 2.24) is 5.32 Å². The molecule has 1 aromatic carbocycles. The Morgan fingerprint density at radius 1 is 1.47 bits per heavy atom. The van der Waals surface area contributed by atoms with Crippen molar-refractivity contribution in [1.29, 1.82) is 0 Å². The SMILES string of the molecule is CCSCCC(C)NC(=O)c1ccccc1O. The molecule has 0 radical (unpaired) electrons. The second-order valence-electron chi connectivity index (χ2n) is 3.88. The molecule has 3 nitrogen and oxygen atoms in total. The molecule has 1 unspecified atom stereocenters. The summed E-state index contributed by atoms with van der Waals surface area (Å²) in [4.78, 5) is 11.8. The summed E-state index contributed by atoms with van der Waals surface area (Å²) in [5.41, 5.74) is 0.336. The molecule has 1 atom stereocenters. The van der Waals surface area contributed by atoms with Crippen LogP contribution in [0.1, 0.15) is 30.6 Å². The molecule has 0 fully saturated rings. The second kappa shape index (κ2) is 7.22. The molecule has 1 aromatic rings. The Balaban J connectivity index is 2.46. The zero-order chi connectivity index (χ0) is 12.7. The van der Waals surface area contributed by atoms with Crippen LogP contribution in [-0.2, 0) is 0 Å². The summed E-state index contributed by atoms with van der Waals surface area (Å²) in [5.74, 6) is 1.95. The van der Waals surface area contributed by atoms with Gasteiger partial charge in [0.1, 0.15) is 5.75 Å². The molecular formula is C13H19NO2S. The predicted molar refractivity (Wildman–Crippen MR) is 72.7 cm³/mol. The summed E-state index contributed by atoms with van der Waals surface area (Å²) >= 11 is 1.86. The van der Waals surface area contributed by atoms with Crippen molar-refractivity contribution in [3.05, 3.63) is 29.8 Å². The van der Waals surface area contributed by atoms with Crippen molar-refractivity contribution in [2.24, 2.45) is 0 Å². The van der Waals surface area contributed by atoms with Crippen LogP contribution in [0, 0.1) is 0 Å². The molecule has 2 N–H and O–H groups in total. The topological polar surface area (TPSA) is 49.3 Å². The number of para-hydroxylation sites is 1. The molecule has 0 aliphatic rings. The van der Waals surface area contributed by atoms with Crippen molar-refractivity contribution < 1.29 is 9.90 Å². The summed E-state index contributed by atoms with van der Waals surface area (Å²) in [6, 6.07) is 6.71. The van der Waals surface area contributed by atoms with Gasteiger partial charge in [-0.1, -0.05) is 19.1 Å². The predicted octanol–water partition coefficient (Wildman–Crippen LogP) is 2.65. The maximum atomic E-state index is 11.8. The highest BCUT2D eigenvalue weighted by atomic mass is 32.2. The van der Waals surface area contributed by atoms with Crippen molar-refractivity contribution in [3.63, 3.8) is 0 Å². The van der Waals surface area contributed by atoms with Crippen LogP contribution in [-0.4, -0.2) is 28.6 Å². The number of thioether (sulfide) groups is 1. The van der Waals surface area contributed by atoms with E-state index in [-0.39, 0.29) is 17.7 Å². The van der Waals surface area contributed by atoms with Gasteiger partial charge in [0.15, 0.2) is 0 Å². The number of carbonyl (C=O) groups excluding carboxylic acids is 1. The zero-order valence-corrected chi connectivity index (χ0v) is 11.1. The summed E-state index contributed by atoms with van der Waals surface area (Å²) < 4.78 is 0. The average Bonchev–Trinajstić information content (AvgIpc) is 2.29. The lowest BCUT2D eigenvalue weighted by Crippen LogP contribution is -2.32. The van der Waals surface area contributed by atoms with Gasteiger partial charge in [0.25, 0.3) is 5.91 Å². The molecular weight excluding hydrogens is 234 g/mol. The lowest BCUT2D eigenvalue weighted by molar-refractivity contribution is 0.0937. The molecule has 17 heavy (non-hydrogen) atoms. The van der Waals surface area contributed by atoms with Gasteiger partial charge in [0, 0.05) is 6.04 Å². The van der Waals surface area contributed by atoms with E-state index in [0.717, 1.165) is 17.9 Å². The fourth-order valence-electron chi connectivity index (χ4n) is 1.44. The van der Waals surface area contributed by atoms with E-state index >= 15 is 0 Å². The first kappa shape index (κ1) is 13.9. The zero-order valence-electron chi connectivity index (χ0n) is 10.3. The van der Waals surface area contributed by atoms with Gasteiger partial charge in [-0.3, -0.25) is 4.79 Å². The van der Waals surface area contributed by atoms with E-state index in [4.69, 9.17) is 0 Å². The molecule has 1 rings (SSSR count). The van der Waals surface area contributed by atoms with Gasteiger partial charge in [0.05, 0.1) is 5.56 Å². The molecule has 0 heterocycles. The van der Waals surface area contributed by atoms with Crippen LogP contribution in [0.15, 0.2) is 24.3 Å².